The van der Waals surface area contributed by atoms with Gasteiger partial charge in [-0.25, -0.2) is 0 Å². The zero-order chi connectivity index (χ0) is 21.7. The molecule has 0 amide bonds. The average molecular weight is 410 g/mol. The van der Waals surface area contributed by atoms with Gasteiger partial charge in [0.05, 0.1) is 28.4 Å². The van der Waals surface area contributed by atoms with Crippen LogP contribution in [0.3, 0.4) is 0 Å². The first kappa shape index (κ1) is 20.9. The molecule has 1 aliphatic rings. The molecule has 7 nitrogen and oxygen atoms in total. The van der Waals surface area contributed by atoms with Gasteiger partial charge in [0.25, 0.3) is 0 Å². The smallest absolute Gasteiger partial charge is 0.204 e. The van der Waals surface area contributed by atoms with E-state index in [4.69, 9.17) is 34.8 Å². The van der Waals surface area contributed by atoms with Gasteiger partial charge in [-0.2, -0.15) is 0 Å². The Labute approximate surface area is 175 Å². The maximum absolute atomic E-state index is 13.2. The third kappa shape index (κ3) is 3.85. The lowest BCUT2D eigenvalue weighted by molar-refractivity contribution is 0.0996. The number of rotatable bonds is 7. The minimum Gasteiger partial charge on any atom is -0.493 e. The Balaban J connectivity index is 2.03. The van der Waals surface area contributed by atoms with E-state index in [1.807, 2.05) is 6.07 Å². The van der Waals surface area contributed by atoms with E-state index in [1.54, 1.807) is 31.4 Å². The summed E-state index contributed by atoms with van der Waals surface area (Å²) in [6, 6.07) is 6.92. The third-order valence-corrected chi connectivity index (χ3v) is 4.54. The molecule has 1 heterocycles. The van der Waals surface area contributed by atoms with Gasteiger partial charge in [-0.05, 0) is 23.8 Å². The molecule has 0 bridgehead atoms. The highest BCUT2D eigenvalue weighted by Crippen LogP contribution is 2.47. The Hall–Kier alpha value is -3.79. The summed E-state index contributed by atoms with van der Waals surface area (Å²) in [5, 5.41) is 0. The largest absolute Gasteiger partial charge is 0.493 e. The second-order valence-electron chi connectivity index (χ2n) is 6.21. The second kappa shape index (κ2) is 9.14. The fourth-order valence-electron chi connectivity index (χ4n) is 3.17. The highest BCUT2D eigenvalue weighted by atomic mass is 16.5. The van der Waals surface area contributed by atoms with Crippen molar-refractivity contribution in [2.75, 3.05) is 41.7 Å². The molecule has 1 aliphatic heterocycles. The monoisotopic (exact) mass is 410 g/mol. The predicted octanol–water partition coefficient (Wildman–Crippen LogP) is 3.39. The molecule has 156 valence electrons. The van der Waals surface area contributed by atoms with Gasteiger partial charge in [-0.1, -0.05) is 12.0 Å². The molecule has 30 heavy (non-hydrogen) atoms. The number of benzene rings is 2. The van der Waals surface area contributed by atoms with Crippen LogP contribution in [0.1, 0.15) is 15.9 Å². The standard InChI is InChI=1S/C23H22O7/c1-6-9-29-17-11-14(7-8-16(17)25-2)10-15-13-30-18-12-19(26-3)22(27-4)23(28-5)20(18)21(15)24/h1,7-8,10-12H,9,13H2,2-5H3/b15-10+. The van der Waals surface area contributed by atoms with E-state index >= 15 is 0 Å². The number of hydrogen-bond acceptors (Lipinski definition) is 7. The number of terminal acetylenes is 1. The van der Waals surface area contributed by atoms with Crippen LogP contribution in [-0.4, -0.2) is 47.4 Å². The fraction of sp³-hybridized carbons (Fsp3) is 0.261. The third-order valence-electron chi connectivity index (χ3n) is 4.54. The zero-order valence-electron chi connectivity index (χ0n) is 17.2. The van der Waals surface area contributed by atoms with Gasteiger partial charge >= 0.3 is 0 Å². The second-order valence-corrected chi connectivity index (χ2v) is 6.21. The lowest BCUT2D eigenvalue weighted by atomic mass is 9.96. The summed E-state index contributed by atoms with van der Waals surface area (Å²) in [6.07, 6.45) is 7.00. The van der Waals surface area contributed by atoms with Crippen molar-refractivity contribution < 1.29 is 33.2 Å². The summed E-state index contributed by atoms with van der Waals surface area (Å²) in [7, 11) is 5.98. The van der Waals surface area contributed by atoms with E-state index in [1.165, 1.54) is 21.3 Å². The van der Waals surface area contributed by atoms with Crippen molar-refractivity contribution in [3.63, 3.8) is 0 Å². The van der Waals surface area contributed by atoms with Gasteiger partial charge in [-0.3, -0.25) is 4.79 Å². The summed E-state index contributed by atoms with van der Waals surface area (Å²) in [6.45, 7) is 0.196. The van der Waals surface area contributed by atoms with Crippen molar-refractivity contribution in [3.05, 3.63) is 41.0 Å². The van der Waals surface area contributed by atoms with Gasteiger partial charge in [0, 0.05) is 11.6 Å². The van der Waals surface area contributed by atoms with Crippen molar-refractivity contribution in [1.29, 1.82) is 0 Å². The highest BCUT2D eigenvalue weighted by molar-refractivity contribution is 6.16. The first-order valence-electron chi connectivity index (χ1n) is 9.03. The first-order chi connectivity index (χ1) is 14.6. The van der Waals surface area contributed by atoms with Crippen molar-refractivity contribution in [1.82, 2.24) is 0 Å². The number of ether oxygens (including phenoxy) is 6. The maximum atomic E-state index is 13.2. The summed E-state index contributed by atoms with van der Waals surface area (Å²) < 4.78 is 32.8. The van der Waals surface area contributed by atoms with E-state index in [0.29, 0.717) is 34.3 Å². The number of carbonyl (C=O) groups is 1. The number of methoxy groups -OCH3 is 4. The summed E-state index contributed by atoms with van der Waals surface area (Å²) in [4.78, 5) is 13.2. The molecular formula is C23H22O7. The Morgan fingerprint density at radius 3 is 2.37 bits per heavy atom. The zero-order valence-corrected chi connectivity index (χ0v) is 17.2. The van der Waals surface area contributed by atoms with Crippen LogP contribution in [0.5, 0.6) is 34.5 Å². The van der Waals surface area contributed by atoms with Crippen LogP contribution in [0.2, 0.25) is 0 Å². The topological polar surface area (TPSA) is 72.5 Å². The Kier molecular flexibility index (Phi) is 6.38. The molecule has 0 saturated heterocycles. The summed E-state index contributed by atoms with van der Waals surface area (Å²) >= 11 is 0. The van der Waals surface area contributed by atoms with Crippen LogP contribution in [0.4, 0.5) is 0 Å². The first-order valence-corrected chi connectivity index (χ1v) is 9.03. The summed E-state index contributed by atoms with van der Waals surface area (Å²) in [5.74, 6) is 4.59. The molecule has 0 N–H and O–H groups in total. The highest BCUT2D eigenvalue weighted by Gasteiger charge is 2.32. The van der Waals surface area contributed by atoms with Crippen LogP contribution >= 0.6 is 0 Å². The molecule has 0 aromatic heterocycles. The molecule has 2 aromatic carbocycles. The molecule has 0 fully saturated rings. The molecule has 3 rings (SSSR count). The molecule has 0 saturated carbocycles. The fourth-order valence-corrected chi connectivity index (χ4v) is 3.17. The molecule has 0 spiro atoms. The van der Waals surface area contributed by atoms with Gasteiger partial charge in [0.15, 0.2) is 28.8 Å². The van der Waals surface area contributed by atoms with Crippen LogP contribution < -0.4 is 28.4 Å². The molecule has 2 aromatic rings. The summed E-state index contributed by atoms with van der Waals surface area (Å²) in [5.41, 5.74) is 1.46. The van der Waals surface area contributed by atoms with E-state index in [-0.39, 0.29) is 30.3 Å². The molecular weight excluding hydrogens is 388 g/mol. The predicted molar refractivity (Wildman–Crippen MR) is 111 cm³/mol. The molecule has 0 aliphatic carbocycles. The van der Waals surface area contributed by atoms with Crippen molar-refractivity contribution in [3.8, 4) is 46.8 Å². The number of hydrogen-bond donors (Lipinski definition) is 0. The van der Waals surface area contributed by atoms with Crippen LogP contribution in [0, 0.1) is 12.3 Å². The quantitative estimate of drug-likeness (QED) is 0.512. The van der Waals surface area contributed by atoms with Crippen molar-refractivity contribution in [2.24, 2.45) is 0 Å². The van der Waals surface area contributed by atoms with Gasteiger partial charge in [0.1, 0.15) is 24.5 Å². The van der Waals surface area contributed by atoms with E-state index in [2.05, 4.69) is 5.92 Å². The van der Waals surface area contributed by atoms with Crippen LogP contribution in [0.15, 0.2) is 29.8 Å². The SMILES string of the molecule is C#CCOc1cc(/C=C2\COc3cc(OC)c(OC)c(OC)c3C2=O)ccc1OC. The van der Waals surface area contributed by atoms with E-state index in [9.17, 15) is 4.79 Å². The maximum Gasteiger partial charge on any atom is 0.204 e. The Morgan fingerprint density at radius 2 is 1.73 bits per heavy atom. The van der Waals surface area contributed by atoms with Crippen LogP contribution in [0.25, 0.3) is 6.08 Å². The minimum absolute atomic E-state index is 0.0943. The van der Waals surface area contributed by atoms with Crippen LogP contribution in [-0.2, 0) is 0 Å². The van der Waals surface area contributed by atoms with Gasteiger partial charge < -0.3 is 28.4 Å². The van der Waals surface area contributed by atoms with E-state index in [0.717, 1.165) is 5.56 Å². The number of fused-ring (bicyclic) bond motifs is 1. The molecule has 0 unspecified atom stereocenters. The van der Waals surface area contributed by atoms with E-state index < -0.39 is 0 Å². The minimum atomic E-state index is -0.226. The van der Waals surface area contributed by atoms with Crippen molar-refractivity contribution in [2.45, 2.75) is 0 Å². The molecule has 7 heteroatoms. The lowest BCUT2D eigenvalue weighted by Crippen LogP contribution is -2.20. The molecule has 0 radical (unpaired) electrons. The number of ketones is 1. The number of Topliss-reactive ketones (excluding diaryl/α,β-unsaturated/α-hetero) is 1. The molecule has 0 atom stereocenters. The Morgan fingerprint density at radius 1 is 1.00 bits per heavy atom. The average Bonchev–Trinajstić information content (AvgIpc) is 2.78. The Bertz CT molecular complexity index is 1030. The van der Waals surface area contributed by atoms with Gasteiger partial charge in [0.2, 0.25) is 5.75 Å². The van der Waals surface area contributed by atoms with Crippen molar-refractivity contribution >= 4 is 11.9 Å². The van der Waals surface area contributed by atoms with Gasteiger partial charge in [-0.15, -0.1) is 6.42 Å². The lowest BCUT2D eigenvalue weighted by Gasteiger charge is -2.23. The normalized spacial score (nSPS) is 13.7. The number of carbonyl (C=O) groups excluding carboxylic acids is 1.